The highest BCUT2D eigenvalue weighted by Gasteiger charge is 2.29. The number of nitriles is 1. The van der Waals surface area contributed by atoms with Gasteiger partial charge in [-0.2, -0.15) is 5.26 Å². The Kier molecular flexibility index (Phi) is 4.92. The first-order chi connectivity index (χ1) is 13.5. The average Bonchev–Trinajstić information content (AvgIpc) is 3.02. The second kappa shape index (κ2) is 7.38. The fourth-order valence-electron chi connectivity index (χ4n) is 3.52. The first kappa shape index (κ1) is 18.7. The van der Waals surface area contributed by atoms with Crippen molar-refractivity contribution in [2.75, 3.05) is 18.0 Å². The third-order valence-corrected chi connectivity index (χ3v) is 5.54. The van der Waals surface area contributed by atoms with Crippen LogP contribution >= 0.6 is 11.6 Å². The third-order valence-electron chi connectivity index (χ3n) is 5.14. The molecular formula is C20H20ClFN6. The van der Waals surface area contributed by atoms with Gasteiger partial charge < -0.3 is 15.2 Å². The van der Waals surface area contributed by atoms with Gasteiger partial charge in [0.15, 0.2) is 0 Å². The summed E-state index contributed by atoms with van der Waals surface area (Å²) in [5, 5.41) is 9.63. The van der Waals surface area contributed by atoms with Gasteiger partial charge in [0.25, 0.3) is 0 Å². The summed E-state index contributed by atoms with van der Waals surface area (Å²) in [6.07, 6.45) is 0.931. The van der Waals surface area contributed by atoms with Crippen molar-refractivity contribution in [2.45, 2.75) is 32.1 Å². The Morgan fingerprint density at radius 1 is 1.39 bits per heavy atom. The molecule has 8 heteroatoms. The van der Waals surface area contributed by atoms with Gasteiger partial charge in [-0.25, -0.2) is 9.37 Å². The Hall–Kier alpha value is -2.69. The highest BCUT2D eigenvalue weighted by atomic mass is 35.5. The minimum Gasteiger partial charge on any atom is -0.340 e. The summed E-state index contributed by atoms with van der Waals surface area (Å²) >= 11 is 6.36. The van der Waals surface area contributed by atoms with E-state index in [4.69, 9.17) is 27.6 Å². The van der Waals surface area contributed by atoms with Crippen LogP contribution in [0, 0.1) is 18.3 Å². The molecule has 1 aliphatic heterocycles. The normalized spacial score (nSPS) is 19.8. The second-order valence-electron chi connectivity index (χ2n) is 7.15. The Labute approximate surface area is 167 Å². The molecule has 0 saturated carbocycles. The van der Waals surface area contributed by atoms with Crippen LogP contribution in [0.1, 0.15) is 23.2 Å². The number of aryl methyl sites for hydroxylation is 1. The second-order valence-corrected chi connectivity index (χ2v) is 7.56. The summed E-state index contributed by atoms with van der Waals surface area (Å²) in [6, 6.07) is 8.94. The van der Waals surface area contributed by atoms with Crippen molar-refractivity contribution >= 4 is 28.6 Å². The number of nitrogens with two attached hydrogens (primary N) is 1. The number of hydrogen-bond donors (Lipinski definition) is 1. The van der Waals surface area contributed by atoms with Gasteiger partial charge in [0.05, 0.1) is 34.9 Å². The third kappa shape index (κ3) is 3.41. The Morgan fingerprint density at radius 3 is 2.89 bits per heavy atom. The quantitative estimate of drug-likeness (QED) is 0.732. The van der Waals surface area contributed by atoms with Gasteiger partial charge in [-0.05, 0) is 43.2 Å². The molecule has 0 radical (unpaired) electrons. The van der Waals surface area contributed by atoms with E-state index in [1.54, 1.807) is 12.3 Å². The zero-order valence-corrected chi connectivity index (χ0v) is 16.2. The van der Waals surface area contributed by atoms with Gasteiger partial charge in [-0.3, -0.25) is 4.98 Å². The van der Waals surface area contributed by atoms with Crippen LogP contribution in [0.3, 0.4) is 0 Å². The fraction of sp³-hybridized carbons (Fsp3) is 0.350. The minimum atomic E-state index is -0.994. The van der Waals surface area contributed by atoms with Crippen LogP contribution in [-0.4, -0.2) is 39.8 Å². The van der Waals surface area contributed by atoms with Gasteiger partial charge >= 0.3 is 0 Å². The minimum absolute atomic E-state index is 0.374. The van der Waals surface area contributed by atoms with E-state index in [2.05, 4.69) is 11.1 Å². The molecule has 1 aliphatic rings. The summed E-state index contributed by atoms with van der Waals surface area (Å²) in [5.41, 5.74) is 9.91. The van der Waals surface area contributed by atoms with Crippen molar-refractivity contribution in [3.8, 4) is 6.07 Å². The number of halogens is 2. The number of benzene rings is 1. The predicted molar refractivity (Wildman–Crippen MR) is 107 cm³/mol. The van der Waals surface area contributed by atoms with Gasteiger partial charge in [0, 0.05) is 24.3 Å². The van der Waals surface area contributed by atoms with Crippen molar-refractivity contribution in [1.82, 2.24) is 14.5 Å². The van der Waals surface area contributed by atoms with E-state index in [9.17, 15) is 4.39 Å². The van der Waals surface area contributed by atoms with Crippen LogP contribution in [0.2, 0.25) is 5.02 Å². The smallest absolute Gasteiger partial charge is 0.206 e. The van der Waals surface area contributed by atoms with E-state index in [0.717, 1.165) is 28.2 Å². The molecule has 0 unspecified atom stereocenters. The van der Waals surface area contributed by atoms with Crippen molar-refractivity contribution < 1.29 is 4.39 Å². The first-order valence-corrected chi connectivity index (χ1v) is 9.50. The van der Waals surface area contributed by atoms with Crippen molar-refractivity contribution in [2.24, 2.45) is 5.73 Å². The molecule has 0 amide bonds. The number of rotatable bonds is 3. The highest BCUT2D eigenvalue weighted by Crippen LogP contribution is 2.30. The van der Waals surface area contributed by atoms with Gasteiger partial charge in [-0.15, -0.1) is 0 Å². The molecular weight excluding hydrogens is 379 g/mol. The van der Waals surface area contributed by atoms with Gasteiger partial charge in [0.1, 0.15) is 12.2 Å². The molecule has 4 rings (SSSR count). The molecule has 0 aliphatic carbocycles. The van der Waals surface area contributed by atoms with E-state index in [1.807, 2.05) is 34.6 Å². The monoisotopic (exact) mass is 398 g/mol. The summed E-state index contributed by atoms with van der Waals surface area (Å²) < 4.78 is 15.9. The van der Waals surface area contributed by atoms with Crippen molar-refractivity contribution in [3.63, 3.8) is 0 Å². The van der Waals surface area contributed by atoms with Gasteiger partial charge in [-0.1, -0.05) is 11.6 Å². The molecule has 0 spiro atoms. The van der Waals surface area contributed by atoms with Crippen LogP contribution in [0.4, 0.5) is 10.3 Å². The molecule has 2 atom stereocenters. The zero-order chi connectivity index (χ0) is 19.8. The van der Waals surface area contributed by atoms with Crippen LogP contribution in [0.5, 0.6) is 0 Å². The van der Waals surface area contributed by atoms with Crippen LogP contribution in [0.25, 0.3) is 11.0 Å². The van der Waals surface area contributed by atoms with Gasteiger partial charge in [0.2, 0.25) is 5.95 Å². The summed E-state index contributed by atoms with van der Waals surface area (Å²) in [6.45, 7) is 3.35. The molecule has 3 heterocycles. The number of anilines is 1. The molecule has 1 saturated heterocycles. The Morgan fingerprint density at radius 2 is 2.21 bits per heavy atom. The van der Waals surface area contributed by atoms with E-state index >= 15 is 0 Å². The fourth-order valence-corrected chi connectivity index (χ4v) is 3.67. The molecule has 3 aromatic rings. The van der Waals surface area contributed by atoms with E-state index in [-0.39, 0.29) is 0 Å². The molecule has 0 bridgehead atoms. The number of fused-ring (bicyclic) bond motifs is 1. The number of pyridine rings is 1. The molecule has 6 nitrogen and oxygen atoms in total. The van der Waals surface area contributed by atoms with Crippen molar-refractivity contribution in [1.29, 1.82) is 5.26 Å². The first-order valence-electron chi connectivity index (χ1n) is 9.12. The Bertz CT molecular complexity index is 1060. The summed E-state index contributed by atoms with van der Waals surface area (Å²) in [7, 11) is 0. The Balaban J connectivity index is 1.79. The number of nitrogens with zero attached hydrogens (tertiary/aromatic N) is 5. The highest BCUT2D eigenvalue weighted by molar-refractivity contribution is 6.32. The topological polar surface area (TPSA) is 83.8 Å². The maximum atomic E-state index is 13.9. The van der Waals surface area contributed by atoms with Crippen LogP contribution in [-0.2, 0) is 6.54 Å². The van der Waals surface area contributed by atoms with Crippen LogP contribution in [0.15, 0.2) is 30.5 Å². The maximum absolute atomic E-state index is 13.9. The predicted octanol–water partition coefficient (Wildman–Crippen LogP) is 3.19. The lowest BCUT2D eigenvalue weighted by Crippen LogP contribution is -2.50. The lowest BCUT2D eigenvalue weighted by molar-refractivity contribution is 0.243. The lowest BCUT2D eigenvalue weighted by atomic mass is 10.1. The van der Waals surface area contributed by atoms with E-state index in [0.29, 0.717) is 36.6 Å². The molecule has 144 valence electrons. The average molecular weight is 399 g/mol. The SMILES string of the molecule is Cc1cc2nc(N3CC[C@@H](F)[C@H](N)C3)n(Cc3ccc(C#N)cn3)c2cc1Cl. The molecule has 2 aromatic heterocycles. The number of piperidine rings is 1. The van der Waals surface area contributed by atoms with E-state index < -0.39 is 12.2 Å². The maximum Gasteiger partial charge on any atom is 0.206 e. The zero-order valence-electron chi connectivity index (χ0n) is 15.4. The number of aromatic nitrogens is 3. The molecule has 1 fully saturated rings. The van der Waals surface area contributed by atoms with E-state index in [1.165, 1.54) is 0 Å². The number of alkyl halides is 1. The molecule has 28 heavy (non-hydrogen) atoms. The van der Waals surface area contributed by atoms with Crippen LogP contribution < -0.4 is 10.6 Å². The molecule has 1 aromatic carbocycles. The van der Waals surface area contributed by atoms with Crippen molar-refractivity contribution in [3.05, 3.63) is 52.3 Å². The largest absolute Gasteiger partial charge is 0.340 e. The summed E-state index contributed by atoms with van der Waals surface area (Å²) in [4.78, 5) is 11.2. The number of hydrogen-bond acceptors (Lipinski definition) is 5. The lowest BCUT2D eigenvalue weighted by Gasteiger charge is -2.34. The molecule has 2 N–H and O–H groups in total. The number of imidazole rings is 1. The summed E-state index contributed by atoms with van der Waals surface area (Å²) in [5.74, 6) is 0.727. The standard InChI is InChI=1S/C20H20ClFN6/c1-12-6-18-19(7-15(12)21)28(10-14-3-2-13(8-23)9-25-14)20(26-18)27-5-4-16(22)17(24)11-27/h2-3,6-7,9,16-17H,4-5,10-11,24H2,1H3/t16-,17-/m1/s1.